The van der Waals surface area contributed by atoms with E-state index in [0.29, 0.717) is 11.3 Å². The van der Waals surface area contributed by atoms with Gasteiger partial charge in [-0.1, -0.05) is 30.3 Å². The lowest BCUT2D eigenvalue weighted by Crippen LogP contribution is -2.40. The van der Waals surface area contributed by atoms with E-state index in [4.69, 9.17) is 5.84 Å². The van der Waals surface area contributed by atoms with Crippen LogP contribution in [0.2, 0.25) is 0 Å². The summed E-state index contributed by atoms with van der Waals surface area (Å²) in [7, 11) is 0. The standard InChI is InChI=1S/C19H22N4O3/c1-13(7-8-14-5-3-2-4-6-14)21-18(25)19(26)22-16-11-9-15(10-12-16)17(24)23-20/h2-6,9-13H,7-8,20H2,1H3,(H,21,25)(H,22,26)(H,23,24). The third-order valence-electron chi connectivity index (χ3n) is 3.83. The van der Waals surface area contributed by atoms with Gasteiger partial charge in [-0.25, -0.2) is 5.84 Å². The molecule has 0 heterocycles. The number of nitrogens with two attached hydrogens (primary N) is 1. The molecule has 7 nitrogen and oxygen atoms in total. The average Bonchev–Trinajstić information content (AvgIpc) is 2.67. The van der Waals surface area contributed by atoms with Gasteiger partial charge in [-0.3, -0.25) is 19.8 Å². The van der Waals surface area contributed by atoms with Crippen molar-refractivity contribution in [3.8, 4) is 0 Å². The van der Waals surface area contributed by atoms with Crippen LogP contribution in [0.15, 0.2) is 54.6 Å². The lowest BCUT2D eigenvalue weighted by Gasteiger charge is -2.14. The molecule has 136 valence electrons. The zero-order valence-corrected chi connectivity index (χ0v) is 14.5. The molecule has 0 spiro atoms. The van der Waals surface area contributed by atoms with E-state index in [0.717, 1.165) is 12.8 Å². The molecule has 0 aliphatic rings. The first-order valence-corrected chi connectivity index (χ1v) is 8.26. The summed E-state index contributed by atoms with van der Waals surface area (Å²) in [5, 5.41) is 5.17. The van der Waals surface area contributed by atoms with Gasteiger partial charge in [-0.05, 0) is 49.6 Å². The van der Waals surface area contributed by atoms with Gasteiger partial charge in [-0.15, -0.1) is 0 Å². The van der Waals surface area contributed by atoms with Crippen molar-refractivity contribution in [1.29, 1.82) is 0 Å². The third kappa shape index (κ3) is 5.71. The summed E-state index contributed by atoms with van der Waals surface area (Å²) in [6.07, 6.45) is 1.54. The molecule has 0 saturated heterocycles. The highest BCUT2D eigenvalue weighted by molar-refractivity contribution is 6.39. The largest absolute Gasteiger partial charge is 0.345 e. The highest BCUT2D eigenvalue weighted by atomic mass is 16.2. The number of nitrogen functional groups attached to an aromatic ring is 1. The van der Waals surface area contributed by atoms with E-state index in [-0.39, 0.29) is 6.04 Å². The number of amides is 3. The molecule has 2 aromatic rings. The Labute approximate surface area is 151 Å². The molecule has 26 heavy (non-hydrogen) atoms. The monoisotopic (exact) mass is 354 g/mol. The van der Waals surface area contributed by atoms with Crippen LogP contribution in [0.3, 0.4) is 0 Å². The van der Waals surface area contributed by atoms with E-state index in [1.165, 1.54) is 29.8 Å². The zero-order chi connectivity index (χ0) is 18.9. The number of carbonyl (C=O) groups excluding carboxylic acids is 3. The second-order valence-electron chi connectivity index (χ2n) is 5.90. The van der Waals surface area contributed by atoms with Crippen LogP contribution >= 0.6 is 0 Å². The number of rotatable bonds is 6. The molecule has 1 unspecified atom stereocenters. The summed E-state index contributed by atoms with van der Waals surface area (Å²) in [5.74, 6) is 3.15. The predicted molar refractivity (Wildman–Crippen MR) is 99.1 cm³/mol. The van der Waals surface area contributed by atoms with E-state index in [1.807, 2.05) is 42.7 Å². The number of aryl methyl sites for hydroxylation is 1. The molecule has 0 saturated carbocycles. The molecule has 2 aromatic carbocycles. The Balaban J connectivity index is 1.81. The van der Waals surface area contributed by atoms with Crippen molar-refractivity contribution in [2.45, 2.75) is 25.8 Å². The topological polar surface area (TPSA) is 113 Å². The molecule has 0 bridgehead atoms. The summed E-state index contributed by atoms with van der Waals surface area (Å²) in [4.78, 5) is 35.3. The van der Waals surface area contributed by atoms with Gasteiger partial charge in [0, 0.05) is 17.3 Å². The molecule has 0 radical (unpaired) electrons. The maximum absolute atomic E-state index is 12.0. The van der Waals surface area contributed by atoms with Crippen molar-refractivity contribution in [3.05, 3.63) is 65.7 Å². The van der Waals surface area contributed by atoms with Crippen molar-refractivity contribution in [1.82, 2.24) is 10.7 Å². The Hall–Kier alpha value is -3.19. The smallest absolute Gasteiger partial charge is 0.313 e. The van der Waals surface area contributed by atoms with E-state index in [2.05, 4.69) is 10.6 Å². The number of anilines is 1. The van der Waals surface area contributed by atoms with Crippen LogP contribution in [0, 0.1) is 0 Å². The molecule has 0 aliphatic heterocycles. The Morgan fingerprint density at radius 1 is 0.962 bits per heavy atom. The fourth-order valence-corrected chi connectivity index (χ4v) is 2.37. The molecule has 0 aromatic heterocycles. The molecule has 2 rings (SSSR count). The predicted octanol–water partition coefficient (Wildman–Crippen LogP) is 1.37. The van der Waals surface area contributed by atoms with Gasteiger partial charge in [0.1, 0.15) is 0 Å². The maximum atomic E-state index is 12.0. The van der Waals surface area contributed by atoms with Gasteiger partial charge in [0.15, 0.2) is 0 Å². The van der Waals surface area contributed by atoms with Crippen molar-refractivity contribution >= 4 is 23.4 Å². The molecule has 0 aliphatic carbocycles. The number of nitrogens with one attached hydrogen (secondary N) is 3. The van der Waals surface area contributed by atoms with Crippen LogP contribution in [-0.2, 0) is 16.0 Å². The lowest BCUT2D eigenvalue weighted by molar-refractivity contribution is -0.136. The minimum atomic E-state index is -0.757. The molecule has 1 atom stereocenters. The number of hydrogen-bond donors (Lipinski definition) is 4. The van der Waals surface area contributed by atoms with E-state index < -0.39 is 17.7 Å². The van der Waals surface area contributed by atoms with Crippen LogP contribution in [0.4, 0.5) is 5.69 Å². The van der Waals surface area contributed by atoms with E-state index in [9.17, 15) is 14.4 Å². The number of hydrazine groups is 1. The molecule has 5 N–H and O–H groups in total. The normalized spacial score (nSPS) is 11.3. The first kappa shape index (κ1) is 19.1. The quantitative estimate of drug-likeness (QED) is 0.271. The number of benzene rings is 2. The van der Waals surface area contributed by atoms with Crippen molar-refractivity contribution in [2.75, 3.05) is 5.32 Å². The minimum absolute atomic E-state index is 0.135. The Morgan fingerprint density at radius 2 is 1.62 bits per heavy atom. The van der Waals surface area contributed by atoms with Gasteiger partial charge < -0.3 is 10.6 Å². The fourth-order valence-electron chi connectivity index (χ4n) is 2.37. The van der Waals surface area contributed by atoms with Gasteiger partial charge in [0.25, 0.3) is 5.91 Å². The van der Waals surface area contributed by atoms with Gasteiger partial charge in [0.05, 0.1) is 0 Å². The SMILES string of the molecule is CC(CCc1ccccc1)NC(=O)C(=O)Nc1ccc(C(=O)NN)cc1. The van der Waals surface area contributed by atoms with Crippen LogP contribution in [0.25, 0.3) is 0 Å². The van der Waals surface area contributed by atoms with Gasteiger partial charge in [0.2, 0.25) is 0 Å². The van der Waals surface area contributed by atoms with Crippen molar-refractivity contribution < 1.29 is 14.4 Å². The van der Waals surface area contributed by atoms with Gasteiger partial charge in [-0.2, -0.15) is 0 Å². The van der Waals surface area contributed by atoms with Crippen molar-refractivity contribution in [2.24, 2.45) is 5.84 Å². The van der Waals surface area contributed by atoms with Crippen molar-refractivity contribution in [3.63, 3.8) is 0 Å². The molecule has 3 amide bonds. The average molecular weight is 354 g/mol. The second-order valence-corrected chi connectivity index (χ2v) is 5.90. The summed E-state index contributed by atoms with van der Waals surface area (Å²) in [5.41, 5.74) is 3.96. The molecule has 0 fully saturated rings. The fraction of sp³-hybridized carbons (Fsp3) is 0.211. The Morgan fingerprint density at radius 3 is 2.23 bits per heavy atom. The first-order chi connectivity index (χ1) is 12.5. The first-order valence-electron chi connectivity index (χ1n) is 8.26. The zero-order valence-electron chi connectivity index (χ0n) is 14.5. The van der Waals surface area contributed by atoms with E-state index in [1.54, 1.807) is 0 Å². The maximum Gasteiger partial charge on any atom is 0.313 e. The highest BCUT2D eigenvalue weighted by Gasteiger charge is 2.16. The molecular weight excluding hydrogens is 332 g/mol. The summed E-state index contributed by atoms with van der Waals surface area (Å²) >= 11 is 0. The minimum Gasteiger partial charge on any atom is -0.345 e. The summed E-state index contributed by atoms with van der Waals surface area (Å²) < 4.78 is 0. The molecular formula is C19H22N4O3. The van der Waals surface area contributed by atoms with Crippen LogP contribution in [-0.4, -0.2) is 23.8 Å². The Bertz CT molecular complexity index is 760. The van der Waals surface area contributed by atoms with Crippen LogP contribution < -0.4 is 21.9 Å². The van der Waals surface area contributed by atoms with Crippen LogP contribution in [0.5, 0.6) is 0 Å². The summed E-state index contributed by atoms with van der Waals surface area (Å²) in [6.45, 7) is 1.86. The second kappa shape index (κ2) is 9.33. The number of carbonyl (C=O) groups is 3. The van der Waals surface area contributed by atoms with Gasteiger partial charge >= 0.3 is 11.8 Å². The van der Waals surface area contributed by atoms with E-state index >= 15 is 0 Å². The Kier molecular flexibility index (Phi) is 6.87. The molecule has 7 heteroatoms. The number of hydrogen-bond acceptors (Lipinski definition) is 4. The third-order valence-corrected chi connectivity index (χ3v) is 3.83. The summed E-state index contributed by atoms with van der Waals surface area (Å²) in [6, 6.07) is 15.8. The lowest BCUT2D eigenvalue weighted by atomic mass is 10.1. The van der Waals surface area contributed by atoms with Crippen LogP contribution in [0.1, 0.15) is 29.3 Å². The highest BCUT2D eigenvalue weighted by Crippen LogP contribution is 2.09.